The van der Waals surface area contributed by atoms with E-state index in [-0.39, 0.29) is 24.4 Å². The fourth-order valence-electron chi connectivity index (χ4n) is 2.76. The topological polar surface area (TPSA) is 70.2 Å². The number of halogens is 1. The molecule has 1 aliphatic rings. The van der Waals surface area contributed by atoms with E-state index in [9.17, 15) is 9.18 Å². The van der Waals surface area contributed by atoms with Gasteiger partial charge in [-0.15, -0.1) is 0 Å². The van der Waals surface area contributed by atoms with E-state index in [1.54, 1.807) is 6.07 Å². The third kappa shape index (κ3) is 4.27. The molecule has 1 aliphatic heterocycles. The molecule has 6 nitrogen and oxygen atoms in total. The summed E-state index contributed by atoms with van der Waals surface area (Å²) in [5.74, 6) is 0.375. The normalized spacial score (nSPS) is 18.0. The van der Waals surface area contributed by atoms with Crippen molar-refractivity contribution in [2.45, 2.75) is 25.5 Å². The van der Waals surface area contributed by atoms with Crippen LogP contribution < -0.4 is 5.32 Å². The molecule has 0 radical (unpaired) electrons. The number of rotatable bonds is 6. The standard InChI is InChI=1S/C16H21FN4O2/c1-21(10-16(22)18-8-12-3-2-6-23-12)9-15-19-13-5-4-11(17)7-14(13)20-15/h4-5,7,12H,2-3,6,8-10H2,1H3,(H,18,22)(H,19,20). The van der Waals surface area contributed by atoms with E-state index in [0.29, 0.717) is 24.4 Å². The third-order valence-corrected chi connectivity index (χ3v) is 3.88. The van der Waals surface area contributed by atoms with Crippen molar-refractivity contribution in [1.82, 2.24) is 20.2 Å². The van der Waals surface area contributed by atoms with E-state index in [0.717, 1.165) is 25.0 Å². The first kappa shape index (κ1) is 15.9. The second-order valence-corrected chi connectivity index (χ2v) is 5.96. The Balaban J connectivity index is 1.49. The van der Waals surface area contributed by atoms with Crippen molar-refractivity contribution in [3.63, 3.8) is 0 Å². The summed E-state index contributed by atoms with van der Waals surface area (Å²) in [4.78, 5) is 21.3. The highest BCUT2D eigenvalue weighted by Crippen LogP contribution is 2.13. The summed E-state index contributed by atoms with van der Waals surface area (Å²) < 4.78 is 18.6. The van der Waals surface area contributed by atoms with E-state index in [1.165, 1.54) is 12.1 Å². The summed E-state index contributed by atoms with van der Waals surface area (Å²) in [6, 6.07) is 4.44. The van der Waals surface area contributed by atoms with Crippen LogP contribution in [0.15, 0.2) is 18.2 Å². The summed E-state index contributed by atoms with van der Waals surface area (Å²) in [5.41, 5.74) is 1.38. The van der Waals surface area contributed by atoms with Crippen molar-refractivity contribution < 1.29 is 13.9 Å². The third-order valence-electron chi connectivity index (χ3n) is 3.88. The fourth-order valence-corrected chi connectivity index (χ4v) is 2.76. The fraction of sp³-hybridized carbons (Fsp3) is 0.500. The number of amides is 1. The quantitative estimate of drug-likeness (QED) is 0.845. The number of carbonyl (C=O) groups excluding carboxylic acids is 1. The number of hydrogen-bond acceptors (Lipinski definition) is 4. The second kappa shape index (κ2) is 7.06. The summed E-state index contributed by atoms with van der Waals surface area (Å²) in [5, 5.41) is 2.89. The Morgan fingerprint density at radius 2 is 2.43 bits per heavy atom. The Labute approximate surface area is 134 Å². The van der Waals surface area contributed by atoms with Gasteiger partial charge in [-0.05, 0) is 38.1 Å². The average Bonchev–Trinajstić information content (AvgIpc) is 3.13. The average molecular weight is 320 g/mol. The van der Waals surface area contributed by atoms with Crippen molar-refractivity contribution >= 4 is 16.9 Å². The van der Waals surface area contributed by atoms with E-state index < -0.39 is 0 Å². The smallest absolute Gasteiger partial charge is 0.234 e. The summed E-state index contributed by atoms with van der Waals surface area (Å²) in [6.45, 7) is 2.12. The van der Waals surface area contributed by atoms with E-state index >= 15 is 0 Å². The molecule has 0 saturated carbocycles. The van der Waals surface area contributed by atoms with Crippen molar-refractivity contribution in [3.8, 4) is 0 Å². The van der Waals surface area contributed by atoms with Crippen molar-refractivity contribution in [2.24, 2.45) is 0 Å². The Morgan fingerprint density at radius 3 is 3.22 bits per heavy atom. The number of carbonyl (C=O) groups is 1. The molecule has 3 rings (SSSR count). The largest absolute Gasteiger partial charge is 0.376 e. The molecule has 23 heavy (non-hydrogen) atoms. The highest BCUT2D eigenvalue weighted by molar-refractivity contribution is 5.78. The molecular weight excluding hydrogens is 299 g/mol. The first-order valence-electron chi connectivity index (χ1n) is 7.81. The number of nitrogens with one attached hydrogen (secondary N) is 2. The highest BCUT2D eigenvalue weighted by atomic mass is 19.1. The van der Waals surface area contributed by atoms with Crippen LogP contribution in [0.1, 0.15) is 18.7 Å². The number of benzene rings is 1. The molecule has 0 bridgehead atoms. The minimum Gasteiger partial charge on any atom is -0.376 e. The molecule has 1 aromatic carbocycles. The van der Waals surface area contributed by atoms with E-state index in [1.807, 2.05) is 11.9 Å². The summed E-state index contributed by atoms with van der Waals surface area (Å²) in [6.07, 6.45) is 2.22. The number of fused-ring (bicyclic) bond motifs is 1. The van der Waals surface area contributed by atoms with Crippen LogP contribution in [-0.4, -0.2) is 53.6 Å². The molecule has 1 amide bonds. The molecule has 2 heterocycles. The Morgan fingerprint density at radius 1 is 1.57 bits per heavy atom. The number of nitrogens with zero attached hydrogens (tertiary/aromatic N) is 2. The summed E-state index contributed by atoms with van der Waals surface area (Å²) in [7, 11) is 1.85. The maximum atomic E-state index is 13.2. The Bertz CT molecular complexity index is 682. The number of hydrogen-bond donors (Lipinski definition) is 2. The highest BCUT2D eigenvalue weighted by Gasteiger charge is 2.17. The first-order chi connectivity index (χ1) is 11.1. The number of imidazole rings is 1. The molecular formula is C16H21FN4O2. The molecule has 1 fully saturated rings. The van der Waals surface area contributed by atoms with Gasteiger partial charge in [0.1, 0.15) is 11.6 Å². The lowest BCUT2D eigenvalue weighted by Gasteiger charge is -2.16. The molecule has 2 aromatic rings. The minimum atomic E-state index is -0.297. The molecule has 124 valence electrons. The maximum absolute atomic E-state index is 13.2. The van der Waals surface area contributed by atoms with Crippen molar-refractivity contribution in [2.75, 3.05) is 26.7 Å². The number of likely N-dealkylation sites (N-methyl/N-ethyl adjacent to an activating group) is 1. The van der Waals surface area contributed by atoms with Gasteiger partial charge < -0.3 is 15.0 Å². The van der Waals surface area contributed by atoms with Crippen LogP contribution in [-0.2, 0) is 16.1 Å². The molecule has 1 aromatic heterocycles. The van der Waals surface area contributed by atoms with Crippen LogP contribution in [0.2, 0.25) is 0 Å². The zero-order chi connectivity index (χ0) is 16.2. The van der Waals surface area contributed by atoms with Gasteiger partial charge in [0.25, 0.3) is 0 Å². The first-order valence-corrected chi connectivity index (χ1v) is 7.81. The number of aromatic amines is 1. The van der Waals surface area contributed by atoms with Crippen molar-refractivity contribution in [1.29, 1.82) is 0 Å². The van der Waals surface area contributed by atoms with Gasteiger partial charge in [0, 0.05) is 13.2 Å². The van der Waals surface area contributed by atoms with E-state index in [4.69, 9.17) is 4.74 Å². The van der Waals surface area contributed by atoms with Gasteiger partial charge >= 0.3 is 0 Å². The van der Waals surface area contributed by atoms with Gasteiger partial charge in [-0.2, -0.15) is 0 Å². The van der Waals surface area contributed by atoms with Gasteiger partial charge in [0.15, 0.2) is 0 Å². The zero-order valence-electron chi connectivity index (χ0n) is 13.1. The number of aromatic nitrogens is 2. The van der Waals surface area contributed by atoms with E-state index in [2.05, 4.69) is 15.3 Å². The predicted octanol–water partition coefficient (Wildman–Crippen LogP) is 1.43. The molecule has 0 aliphatic carbocycles. The molecule has 1 saturated heterocycles. The van der Waals surface area contributed by atoms with Crippen LogP contribution in [0.5, 0.6) is 0 Å². The van der Waals surface area contributed by atoms with Crippen LogP contribution in [0.25, 0.3) is 11.0 Å². The van der Waals surface area contributed by atoms with Gasteiger partial charge in [0.2, 0.25) is 5.91 Å². The predicted molar refractivity (Wildman–Crippen MR) is 84.4 cm³/mol. The van der Waals surface area contributed by atoms with Gasteiger partial charge in [-0.3, -0.25) is 9.69 Å². The molecule has 2 N–H and O–H groups in total. The lowest BCUT2D eigenvalue weighted by molar-refractivity contribution is -0.122. The van der Waals surface area contributed by atoms with Crippen LogP contribution in [0.4, 0.5) is 4.39 Å². The molecule has 1 atom stereocenters. The molecule has 0 spiro atoms. The second-order valence-electron chi connectivity index (χ2n) is 5.96. The van der Waals surface area contributed by atoms with Gasteiger partial charge in [-0.25, -0.2) is 9.37 Å². The van der Waals surface area contributed by atoms with Crippen LogP contribution in [0.3, 0.4) is 0 Å². The maximum Gasteiger partial charge on any atom is 0.234 e. The van der Waals surface area contributed by atoms with Gasteiger partial charge in [0.05, 0.1) is 30.2 Å². The summed E-state index contributed by atoms with van der Waals surface area (Å²) >= 11 is 0. The lowest BCUT2D eigenvalue weighted by atomic mass is 10.2. The van der Waals surface area contributed by atoms with Gasteiger partial charge in [-0.1, -0.05) is 0 Å². The Hall–Kier alpha value is -1.99. The van der Waals surface area contributed by atoms with Crippen LogP contribution in [0, 0.1) is 5.82 Å². The molecule has 1 unspecified atom stereocenters. The number of H-pyrrole nitrogens is 1. The number of ether oxygens (including phenoxy) is 1. The monoisotopic (exact) mass is 320 g/mol. The van der Waals surface area contributed by atoms with Crippen molar-refractivity contribution in [3.05, 3.63) is 29.8 Å². The SMILES string of the molecule is CN(CC(=O)NCC1CCCO1)Cc1nc2ccc(F)cc2[nH]1. The minimum absolute atomic E-state index is 0.0369. The zero-order valence-corrected chi connectivity index (χ0v) is 13.1. The molecule has 7 heteroatoms. The Kier molecular flexibility index (Phi) is 4.88. The van der Waals surface area contributed by atoms with Crippen LogP contribution >= 0.6 is 0 Å². The lowest BCUT2D eigenvalue weighted by Crippen LogP contribution is -2.38.